The number of benzene rings is 3. The molecular weight excluding hydrogens is 503 g/mol. The molecule has 5 nitrogen and oxygen atoms in total. The Labute approximate surface area is 225 Å². The first kappa shape index (κ1) is 27.8. The fraction of sp³-hybridized carbons (Fsp3) is 0.258. The molecule has 4 rings (SSSR count). The van der Waals surface area contributed by atoms with Gasteiger partial charge < -0.3 is 5.11 Å². The van der Waals surface area contributed by atoms with Gasteiger partial charge in [0.1, 0.15) is 6.10 Å². The highest BCUT2D eigenvalue weighted by atomic mass is 19.4. The van der Waals surface area contributed by atoms with E-state index in [1.807, 2.05) is 55.5 Å². The number of aromatic nitrogens is 2. The molecule has 0 radical (unpaired) electrons. The number of rotatable bonds is 8. The van der Waals surface area contributed by atoms with Crippen molar-refractivity contribution in [2.75, 3.05) is 0 Å². The minimum Gasteiger partial charge on any atom is -0.384 e. The Morgan fingerprint density at radius 2 is 1.59 bits per heavy atom. The molecule has 0 aliphatic rings. The number of nitriles is 1. The lowest BCUT2D eigenvalue weighted by atomic mass is 9.84. The predicted octanol–water partition coefficient (Wildman–Crippen LogP) is 6.38. The van der Waals surface area contributed by atoms with Gasteiger partial charge in [0.25, 0.3) is 5.69 Å². The Bertz CT molecular complexity index is 1520. The summed E-state index contributed by atoms with van der Waals surface area (Å²) in [6, 6.07) is 25.5. The highest BCUT2D eigenvalue weighted by Gasteiger charge is 2.44. The van der Waals surface area contributed by atoms with Crippen LogP contribution in [0.1, 0.15) is 71.2 Å². The van der Waals surface area contributed by atoms with Gasteiger partial charge in [0.2, 0.25) is 11.5 Å². The van der Waals surface area contributed by atoms with E-state index < -0.39 is 29.7 Å². The average molecular weight is 533 g/mol. The van der Waals surface area contributed by atoms with Crippen molar-refractivity contribution in [2.45, 2.75) is 45.5 Å². The number of ketones is 1. The summed E-state index contributed by atoms with van der Waals surface area (Å²) in [7, 11) is 0. The van der Waals surface area contributed by atoms with E-state index in [1.165, 1.54) is 10.7 Å². The van der Waals surface area contributed by atoms with Crippen LogP contribution in [0.4, 0.5) is 13.2 Å². The fourth-order valence-electron chi connectivity index (χ4n) is 4.79. The maximum atomic E-state index is 14.0. The molecule has 1 aromatic heterocycles. The third-order valence-electron chi connectivity index (χ3n) is 7.11. The third-order valence-corrected chi connectivity index (χ3v) is 7.11. The molecule has 0 amide bonds. The summed E-state index contributed by atoms with van der Waals surface area (Å²) in [5.41, 5.74) is 1.68. The van der Waals surface area contributed by atoms with Crippen LogP contribution >= 0.6 is 0 Å². The summed E-state index contributed by atoms with van der Waals surface area (Å²) in [6.07, 6.45) is -5.54. The van der Waals surface area contributed by atoms with Crippen LogP contribution in [0.3, 0.4) is 0 Å². The van der Waals surface area contributed by atoms with Crippen molar-refractivity contribution in [1.82, 2.24) is 4.68 Å². The molecule has 0 aliphatic carbocycles. The second kappa shape index (κ2) is 11.3. The third kappa shape index (κ3) is 5.64. The molecule has 0 bridgehead atoms. The van der Waals surface area contributed by atoms with Gasteiger partial charge in [-0.05, 0) is 35.6 Å². The molecule has 3 unspecified atom stereocenters. The topological polar surface area (TPSA) is 69.9 Å². The SMILES string of the molecule is CCn1c(C(F)(F)F)cc(C(=O)C(C)C(C)c2cccc(C(O)c3ccccc3)c2)[n+]1-c1cccc(C#N)c1. The fourth-order valence-corrected chi connectivity index (χ4v) is 4.79. The quantitative estimate of drug-likeness (QED) is 0.212. The van der Waals surface area contributed by atoms with Gasteiger partial charge in [-0.15, -0.1) is 4.68 Å². The number of Topliss-reactive ketones (excluding diaryl/α,β-unsaturated/α-hetero) is 1. The summed E-state index contributed by atoms with van der Waals surface area (Å²) >= 11 is 0. The molecule has 8 heteroatoms. The van der Waals surface area contributed by atoms with Gasteiger partial charge in [0.15, 0.2) is 5.69 Å². The molecule has 0 saturated carbocycles. The molecule has 1 heterocycles. The van der Waals surface area contributed by atoms with Crippen LogP contribution in [0.5, 0.6) is 0 Å². The Kier molecular flexibility index (Phi) is 8.03. The van der Waals surface area contributed by atoms with Gasteiger partial charge in [-0.3, -0.25) is 4.79 Å². The lowest BCUT2D eigenvalue weighted by Crippen LogP contribution is -2.47. The molecule has 39 heavy (non-hydrogen) atoms. The highest BCUT2D eigenvalue weighted by molar-refractivity contribution is 5.95. The number of halogens is 3. The second-order valence-corrected chi connectivity index (χ2v) is 9.53. The maximum Gasteiger partial charge on any atom is 0.437 e. The number of carbonyl (C=O) groups excluding carboxylic acids is 1. The smallest absolute Gasteiger partial charge is 0.384 e. The zero-order valence-electron chi connectivity index (χ0n) is 21.9. The zero-order chi connectivity index (χ0) is 28.3. The van der Waals surface area contributed by atoms with Gasteiger partial charge in [0, 0.05) is 18.1 Å². The molecule has 0 spiro atoms. The van der Waals surface area contributed by atoms with Gasteiger partial charge >= 0.3 is 6.18 Å². The summed E-state index contributed by atoms with van der Waals surface area (Å²) in [4.78, 5) is 13.8. The summed E-state index contributed by atoms with van der Waals surface area (Å²) in [6.45, 7) is 5.07. The molecule has 0 fully saturated rings. The van der Waals surface area contributed by atoms with Crippen LogP contribution in [-0.2, 0) is 12.7 Å². The summed E-state index contributed by atoms with van der Waals surface area (Å²) in [5, 5.41) is 20.2. The normalized spacial score (nSPS) is 13.9. The first-order valence-electron chi connectivity index (χ1n) is 12.7. The van der Waals surface area contributed by atoms with E-state index in [2.05, 4.69) is 0 Å². The van der Waals surface area contributed by atoms with Crippen molar-refractivity contribution in [3.05, 3.63) is 119 Å². The number of hydrogen-bond donors (Lipinski definition) is 1. The van der Waals surface area contributed by atoms with Gasteiger partial charge in [-0.25, -0.2) is 0 Å². The summed E-state index contributed by atoms with van der Waals surface area (Å²) in [5.74, 6) is -1.51. The Hall–Kier alpha value is -4.22. The Morgan fingerprint density at radius 1 is 0.949 bits per heavy atom. The number of carbonyl (C=O) groups is 1. The van der Waals surface area contributed by atoms with E-state index in [4.69, 9.17) is 0 Å². The van der Waals surface area contributed by atoms with Gasteiger partial charge in [-0.1, -0.05) is 79.2 Å². The lowest BCUT2D eigenvalue weighted by molar-refractivity contribution is -0.688. The predicted molar refractivity (Wildman–Crippen MR) is 140 cm³/mol. The molecular formula is C31H29F3N3O2+. The number of aliphatic hydroxyl groups excluding tert-OH is 1. The van der Waals surface area contributed by atoms with E-state index in [0.29, 0.717) is 11.3 Å². The van der Waals surface area contributed by atoms with Crippen LogP contribution in [0.25, 0.3) is 5.69 Å². The van der Waals surface area contributed by atoms with Crippen molar-refractivity contribution >= 4 is 5.78 Å². The van der Waals surface area contributed by atoms with Crippen molar-refractivity contribution in [3.63, 3.8) is 0 Å². The van der Waals surface area contributed by atoms with Crippen molar-refractivity contribution in [2.24, 2.45) is 5.92 Å². The van der Waals surface area contributed by atoms with Crippen LogP contribution < -0.4 is 4.68 Å². The number of hydrogen-bond acceptors (Lipinski definition) is 3. The standard InChI is InChI=1S/C31H29F3N3O2/c1-4-36-28(31(32,33)34)18-27(37(36)26-15-8-10-22(16-26)19-35)29(38)21(3)20(2)24-13-9-14-25(17-24)30(39)23-11-6-5-7-12-23/h5-18,20-21,30,39H,4H2,1-3H3/q+1. The van der Waals surface area contributed by atoms with E-state index in [0.717, 1.165) is 21.9 Å². The van der Waals surface area contributed by atoms with Crippen LogP contribution in [0.2, 0.25) is 0 Å². The maximum absolute atomic E-state index is 14.0. The van der Waals surface area contributed by atoms with Crippen LogP contribution in [0.15, 0.2) is 84.9 Å². The van der Waals surface area contributed by atoms with Crippen molar-refractivity contribution < 1.29 is 27.8 Å². The molecule has 3 atom stereocenters. The Morgan fingerprint density at radius 3 is 2.23 bits per heavy atom. The van der Waals surface area contributed by atoms with E-state index >= 15 is 0 Å². The van der Waals surface area contributed by atoms with E-state index in [-0.39, 0.29) is 23.7 Å². The minimum absolute atomic E-state index is 0.0394. The highest BCUT2D eigenvalue weighted by Crippen LogP contribution is 2.33. The van der Waals surface area contributed by atoms with Crippen molar-refractivity contribution in [1.29, 1.82) is 5.26 Å². The average Bonchev–Trinajstić information content (AvgIpc) is 3.36. The van der Waals surface area contributed by atoms with E-state index in [9.17, 15) is 28.3 Å². The Balaban J connectivity index is 1.74. The second-order valence-electron chi connectivity index (χ2n) is 9.53. The molecule has 200 valence electrons. The number of nitrogens with zero attached hydrogens (tertiary/aromatic N) is 3. The molecule has 0 saturated heterocycles. The number of alkyl halides is 3. The number of aliphatic hydroxyl groups is 1. The lowest BCUT2D eigenvalue weighted by Gasteiger charge is -2.20. The monoisotopic (exact) mass is 532 g/mol. The van der Waals surface area contributed by atoms with Crippen LogP contribution in [-0.4, -0.2) is 15.6 Å². The first-order chi connectivity index (χ1) is 18.6. The zero-order valence-corrected chi connectivity index (χ0v) is 21.9. The van der Waals surface area contributed by atoms with Gasteiger partial charge in [-0.2, -0.15) is 18.4 Å². The first-order valence-corrected chi connectivity index (χ1v) is 12.7. The largest absolute Gasteiger partial charge is 0.437 e. The van der Waals surface area contributed by atoms with Crippen LogP contribution in [0, 0.1) is 17.2 Å². The molecule has 4 aromatic rings. The molecule has 3 aromatic carbocycles. The molecule has 1 N–H and O–H groups in total. The molecule has 0 aliphatic heterocycles. The van der Waals surface area contributed by atoms with Crippen molar-refractivity contribution in [3.8, 4) is 11.8 Å². The summed E-state index contributed by atoms with van der Waals surface area (Å²) < 4.78 is 44.3. The van der Waals surface area contributed by atoms with E-state index in [1.54, 1.807) is 44.2 Å². The minimum atomic E-state index is -4.68. The van der Waals surface area contributed by atoms with Gasteiger partial charge in [0.05, 0.1) is 24.2 Å².